The number of nitrogens with two attached hydrogens (primary N) is 1. The molecule has 0 bridgehead atoms. The molecule has 1 rings (SSSR count). The van der Waals surface area contributed by atoms with Crippen LogP contribution in [0.2, 0.25) is 0 Å². The highest BCUT2D eigenvalue weighted by atomic mass is 19.1. The lowest BCUT2D eigenvalue weighted by Crippen LogP contribution is -2.07. The molecular formula is C7H9FN2O. The topological polar surface area (TPSA) is 48.1 Å². The van der Waals surface area contributed by atoms with Crippen LogP contribution >= 0.6 is 0 Å². The van der Waals surface area contributed by atoms with E-state index in [1.807, 2.05) is 0 Å². The van der Waals surface area contributed by atoms with Crippen LogP contribution in [0.15, 0.2) is 18.3 Å². The maximum absolute atomic E-state index is 12.8. The van der Waals surface area contributed by atoms with E-state index in [2.05, 4.69) is 9.82 Å². The molecule has 60 valence electrons. The van der Waals surface area contributed by atoms with Gasteiger partial charge in [0, 0.05) is 11.8 Å². The predicted molar refractivity (Wildman–Crippen MR) is 37.9 cm³/mol. The van der Waals surface area contributed by atoms with Crippen LogP contribution in [0, 0.1) is 5.95 Å². The van der Waals surface area contributed by atoms with Crippen molar-refractivity contribution < 1.29 is 9.23 Å². The van der Waals surface area contributed by atoms with Crippen molar-refractivity contribution in [3.05, 3.63) is 29.8 Å². The molecule has 2 N–H and O–H groups in total. The van der Waals surface area contributed by atoms with Gasteiger partial charge in [-0.1, -0.05) is 6.07 Å². The Morgan fingerprint density at radius 3 is 3.00 bits per heavy atom. The van der Waals surface area contributed by atoms with E-state index in [1.54, 1.807) is 19.1 Å². The Hall–Kier alpha value is -1.00. The van der Waals surface area contributed by atoms with Crippen LogP contribution in [0.4, 0.5) is 4.39 Å². The van der Waals surface area contributed by atoms with Crippen molar-refractivity contribution in [1.82, 2.24) is 4.98 Å². The monoisotopic (exact) mass is 156 g/mol. The third-order valence-electron chi connectivity index (χ3n) is 1.43. The molecule has 4 heteroatoms. The van der Waals surface area contributed by atoms with Crippen molar-refractivity contribution in [3.8, 4) is 0 Å². The number of pyridine rings is 1. The van der Waals surface area contributed by atoms with Crippen LogP contribution < -0.4 is 5.90 Å². The molecule has 1 aromatic rings. The average Bonchev–Trinajstić information content (AvgIpc) is 2.04. The molecule has 1 atom stereocenters. The van der Waals surface area contributed by atoms with Crippen LogP contribution in [0.5, 0.6) is 0 Å². The Bertz CT molecular complexity index is 242. The van der Waals surface area contributed by atoms with Gasteiger partial charge in [-0.25, -0.2) is 10.9 Å². The molecule has 1 aromatic heterocycles. The van der Waals surface area contributed by atoms with Crippen LogP contribution in [-0.2, 0) is 4.84 Å². The summed E-state index contributed by atoms with van der Waals surface area (Å²) in [6.45, 7) is 1.65. The molecule has 1 heterocycles. The van der Waals surface area contributed by atoms with Crippen LogP contribution in [-0.4, -0.2) is 4.98 Å². The van der Waals surface area contributed by atoms with E-state index in [0.29, 0.717) is 5.56 Å². The highest BCUT2D eigenvalue weighted by Crippen LogP contribution is 2.15. The van der Waals surface area contributed by atoms with E-state index < -0.39 is 12.1 Å². The predicted octanol–water partition coefficient (Wildman–Crippen LogP) is 1.17. The normalized spacial score (nSPS) is 13.0. The van der Waals surface area contributed by atoms with E-state index in [1.165, 1.54) is 6.20 Å². The van der Waals surface area contributed by atoms with Gasteiger partial charge in [-0.15, -0.1) is 0 Å². The van der Waals surface area contributed by atoms with Crippen molar-refractivity contribution in [2.45, 2.75) is 13.0 Å². The summed E-state index contributed by atoms with van der Waals surface area (Å²) in [5.41, 5.74) is 0.370. The summed E-state index contributed by atoms with van der Waals surface area (Å²) >= 11 is 0. The summed E-state index contributed by atoms with van der Waals surface area (Å²) in [6, 6.07) is 3.22. The molecule has 1 unspecified atom stereocenters. The third-order valence-corrected chi connectivity index (χ3v) is 1.43. The largest absolute Gasteiger partial charge is 0.297 e. The summed E-state index contributed by atoms with van der Waals surface area (Å²) in [5, 5.41) is 0. The van der Waals surface area contributed by atoms with Gasteiger partial charge in [0.2, 0.25) is 5.95 Å². The second-order valence-corrected chi connectivity index (χ2v) is 2.16. The van der Waals surface area contributed by atoms with Gasteiger partial charge in [-0.05, 0) is 13.0 Å². The summed E-state index contributed by atoms with van der Waals surface area (Å²) < 4.78 is 12.8. The van der Waals surface area contributed by atoms with Crippen LogP contribution in [0.3, 0.4) is 0 Å². The minimum Gasteiger partial charge on any atom is -0.297 e. The fourth-order valence-corrected chi connectivity index (χ4v) is 0.775. The minimum absolute atomic E-state index is 0.370. The molecule has 0 saturated carbocycles. The molecule has 0 amide bonds. The lowest BCUT2D eigenvalue weighted by molar-refractivity contribution is 0.0633. The zero-order chi connectivity index (χ0) is 8.27. The fraction of sp³-hybridized carbons (Fsp3) is 0.286. The Morgan fingerprint density at radius 1 is 1.73 bits per heavy atom. The third kappa shape index (κ3) is 1.72. The Labute approximate surface area is 64.0 Å². The van der Waals surface area contributed by atoms with Crippen molar-refractivity contribution in [3.63, 3.8) is 0 Å². The smallest absolute Gasteiger partial charge is 0.218 e. The van der Waals surface area contributed by atoms with Gasteiger partial charge in [-0.2, -0.15) is 4.39 Å². The summed E-state index contributed by atoms with van der Waals surface area (Å²) in [5.74, 6) is 4.34. The van der Waals surface area contributed by atoms with E-state index in [-0.39, 0.29) is 0 Å². The molecule has 0 aliphatic heterocycles. The van der Waals surface area contributed by atoms with Gasteiger partial charge in [0.1, 0.15) is 6.10 Å². The second kappa shape index (κ2) is 3.41. The maximum Gasteiger partial charge on any atom is 0.218 e. The van der Waals surface area contributed by atoms with E-state index in [0.717, 1.165) is 0 Å². The Balaban J connectivity index is 2.93. The number of nitrogens with zero attached hydrogens (tertiary/aromatic N) is 1. The molecule has 3 nitrogen and oxygen atoms in total. The molecule has 0 aliphatic carbocycles. The maximum atomic E-state index is 12.8. The summed E-state index contributed by atoms with van der Waals surface area (Å²) in [4.78, 5) is 7.88. The van der Waals surface area contributed by atoms with Crippen molar-refractivity contribution in [2.75, 3.05) is 0 Å². The Kier molecular flexibility index (Phi) is 2.51. The quantitative estimate of drug-likeness (QED) is 0.516. The highest BCUT2D eigenvalue weighted by Gasteiger charge is 2.09. The SMILES string of the molecule is CC(ON)c1cccnc1F. The van der Waals surface area contributed by atoms with E-state index in [4.69, 9.17) is 5.90 Å². The lowest BCUT2D eigenvalue weighted by atomic mass is 10.2. The number of rotatable bonds is 2. The number of hydrogen-bond acceptors (Lipinski definition) is 3. The second-order valence-electron chi connectivity index (χ2n) is 2.16. The van der Waals surface area contributed by atoms with Crippen molar-refractivity contribution in [1.29, 1.82) is 0 Å². The molecule has 0 spiro atoms. The standard InChI is InChI=1S/C7H9FN2O/c1-5(11-9)6-3-2-4-10-7(6)8/h2-5H,9H2,1H3. The van der Waals surface area contributed by atoms with Crippen molar-refractivity contribution >= 4 is 0 Å². The van der Waals surface area contributed by atoms with Gasteiger partial charge in [0.05, 0.1) is 0 Å². The first-order valence-corrected chi connectivity index (χ1v) is 3.21. The molecule has 0 aliphatic rings. The van der Waals surface area contributed by atoms with Crippen molar-refractivity contribution in [2.24, 2.45) is 5.90 Å². The van der Waals surface area contributed by atoms with Gasteiger partial charge < -0.3 is 0 Å². The first-order chi connectivity index (χ1) is 5.25. The van der Waals surface area contributed by atoms with Gasteiger partial charge in [0.25, 0.3) is 0 Å². The number of halogens is 1. The van der Waals surface area contributed by atoms with Gasteiger partial charge in [0.15, 0.2) is 0 Å². The average molecular weight is 156 g/mol. The molecular weight excluding hydrogens is 147 g/mol. The van der Waals surface area contributed by atoms with E-state index >= 15 is 0 Å². The zero-order valence-corrected chi connectivity index (χ0v) is 6.12. The number of hydrogen-bond donors (Lipinski definition) is 1. The summed E-state index contributed by atoms with van der Waals surface area (Å²) in [7, 11) is 0. The first kappa shape index (κ1) is 8.10. The van der Waals surface area contributed by atoms with Gasteiger partial charge >= 0.3 is 0 Å². The molecule has 0 radical (unpaired) electrons. The highest BCUT2D eigenvalue weighted by molar-refractivity contribution is 5.13. The summed E-state index contributed by atoms with van der Waals surface area (Å²) in [6.07, 6.45) is 0.922. The zero-order valence-electron chi connectivity index (χ0n) is 6.12. The fourth-order valence-electron chi connectivity index (χ4n) is 0.775. The molecule has 0 aromatic carbocycles. The first-order valence-electron chi connectivity index (χ1n) is 3.21. The molecule has 11 heavy (non-hydrogen) atoms. The van der Waals surface area contributed by atoms with Crippen LogP contribution in [0.25, 0.3) is 0 Å². The van der Waals surface area contributed by atoms with Gasteiger partial charge in [-0.3, -0.25) is 4.84 Å². The molecule has 0 saturated heterocycles. The van der Waals surface area contributed by atoms with Crippen LogP contribution in [0.1, 0.15) is 18.6 Å². The minimum atomic E-state index is -0.537. The Morgan fingerprint density at radius 2 is 2.45 bits per heavy atom. The molecule has 0 fully saturated rings. The van der Waals surface area contributed by atoms with E-state index in [9.17, 15) is 4.39 Å². The number of aromatic nitrogens is 1. The lowest BCUT2D eigenvalue weighted by Gasteiger charge is -2.07.